The monoisotopic (exact) mass is 500 g/mol. The van der Waals surface area contributed by atoms with Crippen LogP contribution in [0.2, 0.25) is 0 Å². The molecule has 0 atom stereocenters. The Morgan fingerprint density at radius 1 is 0.917 bits per heavy atom. The Balaban J connectivity index is 1.25. The Morgan fingerprint density at radius 3 is 2.22 bits per heavy atom. The number of benzene rings is 1. The minimum atomic E-state index is -4.77. The number of hydrogen-bond acceptors (Lipinski definition) is 4. The van der Waals surface area contributed by atoms with Crippen LogP contribution in [0.3, 0.4) is 0 Å². The second-order valence-corrected chi connectivity index (χ2v) is 9.36. The molecular formula is C26H27F3N4O3. The molecule has 0 unspecified atom stereocenters. The third-order valence-corrected chi connectivity index (χ3v) is 7.01. The number of aromatic nitrogens is 2. The van der Waals surface area contributed by atoms with Gasteiger partial charge in [0.15, 0.2) is 0 Å². The number of amides is 2. The molecule has 5 rings (SSSR count). The second-order valence-electron chi connectivity index (χ2n) is 9.36. The maximum Gasteiger partial charge on any atom is 0.573 e. The lowest BCUT2D eigenvalue weighted by Crippen LogP contribution is -2.37. The summed E-state index contributed by atoms with van der Waals surface area (Å²) in [5, 5.41) is 0.933. The standard InChI is InChI=1S/C26H27F3N4O3/c27-26(28,29)36-20-6-4-18(5-7-20)24(34)33-12-8-17(9-13-33)22-16-31-23-21(22)14-19(15-30-23)25(35)32-10-2-1-3-11-32/h4-7,14-17H,1-3,8-13H2,(H,30,31). The van der Waals surface area contributed by atoms with E-state index in [4.69, 9.17) is 0 Å². The highest BCUT2D eigenvalue weighted by Crippen LogP contribution is 2.34. The number of fused-ring (bicyclic) bond motifs is 1. The molecule has 0 saturated carbocycles. The van der Waals surface area contributed by atoms with Gasteiger partial charge in [0.25, 0.3) is 11.8 Å². The fourth-order valence-electron chi connectivity index (χ4n) is 5.13. The number of carbonyl (C=O) groups is 2. The van der Waals surface area contributed by atoms with E-state index in [1.54, 1.807) is 11.1 Å². The van der Waals surface area contributed by atoms with Crippen LogP contribution in [0, 0.1) is 0 Å². The number of H-pyrrole nitrogens is 1. The highest BCUT2D eigenvalue weighted by molar-refractivity contribution is 5.98. The van der Waals surface area contributed by atoms with Gasteiger partial charge in [-0.05, 0) is 73.9 Å². The lowest BCUT2D eigenvalue weighted by molar-refractivity contribution is -0.274. The van der Waals surface area contributed by atoms with Gasteiger partial charge >= 0.3 is 6.36 Å². The number of nitrogens with zero attached hydrogens (tertiary/aromatic N) is 3. The fraction of sp³-hybridized carbons (Fsp3) is 0.423. The van der Waals surface area contributed by atoms with E-state index in [0.717, 1.165) is 73.9 Å². The first-order chi connectivity index (χ1) is 17.3. The zero-order valence-electron chi connectivity index (χ0n) is 19.7. The van der Waals surface area contributed by atoms with Crippen LogP contribution in [0.25, 0.3) is 11.0 Å². The maximum absolute atomic E-state index is 13.0. The first-order valence-corrected chi connectivity index (χ1v) is 12.2. The second kappa shape index (κ2) is 9.83. The van der Waals surface area contributed by atoms with Crippen molar-refractivity contribution in [3.63, 3.8) is 0 Å². The predicted molar refractivity (Wildman–Crippen MR) is 127 cm³/mol. The first kappa shape index (κ1) is 24.1. The van der Waals surface area contributed by atoms with Crippen molar-refractivity contribution < 1.29 is 27.5 Å². The average molecular weight is 501 g/mol. The highest BCUT2D eigenvalue weighted by atomic mass is 19.4. The molecular weight excluding hydrogens is 473 g/mol. The molecule has 2 fully saturated rings. The number of rotatable bonds is 4. The van der Waals surface area contributed by atoms with E-state index in [-0.39, 0.29) is 23.5 Å². The van der Waals surface area contributed by atoms with Crippen LogP contribution in [-0.4, -0.2) is 64.1 Å². The molecule has 0 aliphatic carbocycles. The maximum atomic E-state index is 13.0. The Bertz CT molecular complexity index is 1240. The van der Waals surface area contributed by atoms with Gasteiger partial charge in [0, 0.05) is 49.5 Å². The minimum Gasteiger partial charge on any atom is -0.406 e. The van der Waals surface area contributed by atoms with Crippen LogP contribution in [0.5, 0.6) is 5.75 Å². The summed E-state index contributed by atoms with van der Waals surface area (Å²) in [6, 6.07) is 6.92. The molecule has 2 amide bonds. The van der Waals surface area contributed by atoms with E-state index >= 15 is 0 Å². The summed E-state index contributed by atoms with van der Waals surface area (Å²) < 4.78 is 41.0. The quantitative estimate of drug-likeness (QED) is 0.540. The number of hydrogen-bond donors (Lipinski definition) is 1. The Morgan fingerprint density at radius 2 is 1.56 bits per heavy atom. The Hall–Kier alpha value is -3.56. The number of alkyl halides is 3. The number of likely N-dealkylation sites (tertiary alicyclic amines) is 2. The lowest BCUT2D eigenvalue weighted by atomic mass is 9.89. The van der Waals surface area contributed by atoms with E-state index in [1.165, 1.54) is 12.1 Å². The van der Waals surface area contributed by atoms with Crippen LogP contribution in [-0.2, 0) is 0 Å². The molecule has 2 saturated heterocycles. The van der Waals surface area contributed by atoms with Crippen molar-refractivity contribution >= 4 is 22.8 Å². The first-order valence-electron chi connectivity index (χ1n) is 12.2. The van der Waals surface area contributed by atoms with Crippen molar-refractivity contribution in [2.45, 2.75) is 44.4 Å². The Labute approximate surface area is 206 Å². The largest absolute Gasteiger partial charge is 0.573 e. The molecule has 7 nitrogen and oxygen atoms in total. The van der Waals surface area contributed by atoms with Crippen molar-refractivity contribution in [1.29, 1.82) is 0 Å². The number of ether oxygens (including phenoxy) is 1. The van der Waals surface area contributed by atoms with E-state index in [1.807, 2.05) is 17.2 Å². The summed E-state index contributed by atoms with van der Waals surface area (Å²) in [4.78, 5) is 37.1. The molecule has 1 N–H and O–H groups in total. The molecule has 2 aliphatic heterocycles. The molecule has 36 heavy (non-hydrogen) atoms. The van der Waals surface area contributed by atoms with Crippen LogP contribution in [0.1, 0.15) is 64.3 Å². The molecule has 3 aromatic rings. The smallest absolute Gasteiger partial charge is 0.406 e. The highest BCUT2D eigenvalue weighted by Gasteiger charge is 2.31. The van der Waals surface area contributed by atoms with E-state index in [9.17, 15) is 22.8 Å². The zero-order chi connectivity index (χ0) is 25.3. The van der Waals surface area contributed by atoms with E-state index < -0.39 is 6.36 Å². The minimum absolute atomic E-state index is 0.0170. The predicted octanol–water partition coefficient (Wildman–Crippen LogP) is 5.11. The SMILES string of the molecule is O=C(c1cnc2[nH]cc(C3CCN(C(=O)c4ccc(OC(F)(F)F)cc4)CC3)c2c1)N1CCCCC1. The number of halogens is 3. The van der Waals surface area contributed by atoms with Crippen molar-refractivity contribution in [3.05, 3.63) is 59.4 Å². The zero-order valence-corrected chi connectivity index (χ0v) is 19.7. The van der Waals surface area contributed by atoms with Gasteiger partial charge in [0.1, 0.15) is 11.4 Å². The van der Waals surface area contributed by atoms with E-state index in [0.29, 0.717) is 24.2 Å². The van der Waals surface area contributed by atoms with Gasteiger partial charge < -0.3 is 19.5 Å². The summed E-state index contributed by atoms with van der Waals surface area (Å²) in [5.74, 6) is -0.360. The van der Waals surface area contributed by atoms with Crippen LogP contribution in [0.4, 0.5) is 13.2 Å². The number of pyridine rings is 1. The summed E-state index contributed by atoms with van der Waals surface area (Å²) in [7, 11) is 0. The summed E-state index contributed by atoms with van der Waals surface area (Å²) >= 11 is 0. The summed E-state index contributed by atoms with van der Waals surface area (Å²) in [6.45, 7) is 2.61. The average Bonchev–Trinajstić information content (AvgIpc) is 3.31. The van der Waals surface area contributed by atoms with Gasteiger partial charge in [0.2, 0.25) is 0 Å². The van der Waals surface area contributed by atoms with Crippen LogP contribution < -0.4 is 4.74 Å². The molecule has 1 aromatic carbocycles. The normalized spacial score (nSPS) is 17.4. The molecule has 0 bridgehead atoms. The number of nitrogens with one attached hydrogen (secondary N) is 1. The fourth-order valence-corrected chi connectivity index (χ4v) is 5.13. The molecule has 10 heteroatoms. The van der Waals surface area contributed by atoms with Crippen molar-refractivity contribution in [2.75, 3.05) is 26.2 Å². The van der Waals surface area contributed by atoms with Crippen LogP contribution >= 0.6 is 0 Å². The molecule has 0 spiro atoms. The molecule has 190 valence electrons. The Kier molecular flexibility index (Phi) is 6.59. The number of carbonyl (C=O) groups excluding carboxylic acids is 2. The molecule has 4 heterocycles. The van der Waals surface area contributed by atoms with Gasteiger partial charge in [-0.25, -0.2) is 4.98 Å². The third kappa shape index (κ3) is 5.17. The third-order valence-electron chi connectivity index (χ3n) is 7.01. The molecule has 2 aliphatic rings. The van der Waals surface area contributed by atoms with Gasteiger partial charge in [-0.3, -0.25) is 9.59 Å². The summed E-state index contributed by atoms with van der Waals surface area (Å²) in [6.07, 6.45) is 3.48. The van der Waals surface area contributed by atoms with Gasteiger partial charge in [-0.1, -0.05) is 0 Å². The number of aromatic amines is 1. The van der Waals surface area contributed by atoms with Crippen molar-refractivity contribution in [2.24, 2.45) is 0 Å². The van der Waals surface area contributed by atoms with E-state index in [2.05, 4.69) is 14.7 Å². The number of piperidine rings is 2. The molecule has 2 aromatic heterocycles. The van der Waals surface area contributed by atoms with Crippen molar-refractivity contribution in [1.82, 2.24) is 19.8 Å². The summed E-state index contributed by atoms with van der Waals surface area (Å²) in [5.41, 5.74) is 2.74. The van der Waals surface area contributed by atoms with Crippen LogP contribution in [0.15, 0.2) is 42.7 Å². The molecule has 0 radical (unpaired) electrons. The van der Waals surface area contributed by atoms with Gasteiger partial charge in [-0.15, -0.1) is 13.2 Å². The van der Waals surface area contributed by atoms with Gasteiger partial charge in [-0.2, -0.15) is 0 Å². The van der Waals surface area contributed by atoms with Gasteiger partial charge in [0.05, 0.1) is 5.56 Å². The lowest BCUT2D eigenvalue weighted by Gasteiger charge is -2.32. The van der Waals surface area contributed by atoms with Crippen molar-refractivity contribution in [3.8, 4) is 5.75 Å². The topological polar surface area (TPSA) is 78.5 Å².